The van der Waals surface area contributed by atoms with Gasteiger partial charge in [-0.3, -0.25) is 9.59 Å². The molecular formula is C16H28N2O3. The van der Waals surface area contributed by atoms with Crippen LogP contribution in [-0.4, -0.2) is 48.1 Å². The quantitative estimate of drug-likeness (QED) is 0.783. The number of hydrogen-bond donors (Lipinski definition) is 2. The first kappa shape index (κ1) is 16.3. The summed E-state index contributed by atoms with van der Waals surface area (Å²) < 4.78 is 0. The maximum Gasteiger partial charge on any atom is 0.307 e. The average Bonchev–Trinajstić information content (AvgIpc) is 2.95. The van der Waals surface area contributed by atoms with Crippen molar-refractivity contribution in [3.63, 3.8) is 0 Å². The summed E-state index contributed by atoms with van der Waals surface area (Å²) in [5.74, 6) is -1.29. The van der Waals surface area contributed by atoms with Crippen LogP contribution in [0.25, 0.3) is 0 Å². The van der Waals surface area contributed by atoms with Crippen molar-refractivity contribution in [2.24, 2.45) is 17.8 Å². The molecule has 0 radical (unpaired) electrons. The normalized spacial score (nSPS) is 28.2. The molecule has 0 spiro atoms. The molecule has 0 bridgehead atoms. The Kier molecular flexibility index (Phi) is 6.03. The molecule has 120 valence electrons. The van der Waals surface area contributed by atoms with E-state index < -0.39 is 11.9 Å². The minimum absolute atomic E-state index is 0.0644. The minimum Gasteiger partial charge on any atom is -0.481 e. The summed E-state index contributed by atoms with van der Waals surface area (Å²) in [5, 5.41) is 12.1. The van der Waals surface area contributed by atoms with E-state index in [1.807, 2.05) is 0 Å². The molecule has 1 saturated heterocycles. The Morgan fingerprint density at radius 1 is 1.14 bits per heavy atom. The molecule has 0 aromatic carbocycles. The second-order valence-corrected chi connectivity index (χ2v) is 6.69. The number of amides is 1. The van der Waals surface area contributed by atoms with Gasteiger partial charge in [-0.05, 0) is 44.7 Å². The molecule has 0 aromatic heterocycles. The van der Waals surface area contributed by atoms with Crippen LogP contribution in [0.2, 0.25) is 0 Å². The third kappa shape index (κ3) is 4.70. The number of rotatable bonds is 6. The average molecular weight is 296 g/mol. The van der Waals surface area contributed by atoms with E-state index in [2.05, 4.69) is 17.1 Å². The van der Waals surface area contributed by atoms with Gasteiger partial charge in [0.05, 0.1) is 11.8 Å². The number of piperidine rings is 1. The van der Waals surface area contributed by atoms with E-state index in [0.29, 0.717) is 25.3 Å². The highest BCUT2D eigenvalue weighted by Crippen LogP contribution is 2.32. The topological polar surface area (TPSA) is 69.6 Å². The van der Waals surface area contributed by atoms with Crippen molar-refractivity contribution in [3.05, 3.63) is 0 Å². The summed E-state index contributed by atoms with van der Waals surface area (Å²) in [4.78, 5) is 25.8. The molecule has 3 atom stereocenters. The lowest BCUT2D eigenvalue weighted by Crippen LogP contribution is -2.41. The van der Waals surface area contributed by atoms with E-state index in [1.54, 1.807) is 0 Å². The predicted octanol–water partition coefficient (Wildman–Crippen LogP) is 1.73. The Balaban J connectivity index is 1.71. The number of nitrogens with one attached hydrogen (secondary N) is 1. The van der Waals surface area contributed by atoms with E-state index in [4.69, 9.17) is 5.11 Å². The van der Waals surface area contributed by atoms with Crippen LogP contribution in [0.3, 0.4) is 0 Å². The Labute approximate surface area is 127 Å². The fraction of sp³-hybridized carbons (Fsp3) is 0.875. The van der Waals surface area contributed by atoms with Crippen LogP contribution in [0.15, 0.2) is 0 Å². The van der Waals surface area contributed by atoms with Gasteiger partial charge in [0.25, 0.3) is 0 Å². The zero-order valence-electron chi connectivity index (χ0n) is 13.0. The molecule has 2 rings (SSSR count). The summed E-state index contributed by atoms with van der Waals surface area (Å²) in [6.45, 7) is 6.16. The number of carbonyl (C=O) groups excluding carboxylic acids is 1. The van der Waals surface area contributed by atoms with Crippen molar-refractivity contribution in [1.29, 1.82) is 0 Å². The second kappa shape index (κ2) is 7.78. The molecule has 21 heavy (non-hydrogen) atoms. The van der Waals surface area contributed by atoms with Gasteiger partial charge in [-0.15, -0.1) is 0 Å². The summed E-state index contributed by atoms with van der Waals surface area (Å²) in [5.41, 5.74) is 0. The summed E-state index contributed by atoms with van der Waals surface area (Å²) in [6, 6.07) is 0. The SMILES string of the molecule is CC(CNC(=O)[C@@H]1CCC[C@@H]1C(=O)O)CN1CCCCC1. The zero-order chi connectivity index (χ0) is 15.2. The number of carboxylic acid groups (broad SMARTS) is 1. The van der Waals surface area contributed by atoms with Crippen LogP contribution in [0.1, 0.15) is 45.4 Å². The number of likely N-dealkylation sites (tertiary alicyclic amines) is 1. The maximum atomic E-state index is 12.2. The Morgan fingerprint density at radius 2 is 1.81 bits per heavy atom. The first-order chi connectivity index (χ1) is 10.1. The highest BCUT2D eigenvalue weighted by atomic mass is 16.4. The van der Waals surface area contributed by atoms with Crippen LogP contribution in [0.4, 0.5) is 0 Å². The zero-order valence-corrected chi connectivity index (χ0v) is 13.0. The van der Waals surface area contributed by atoms with Gasteiger partial charge in [0.2, 0.25) is 5.91 Å². The second-order valence-electron chi connectivity index (χ2n) is 6.69. The highest BCUT2D eigenvalue weighted by Gasteiger charge is 2.37. The van der Waals surface area contributed by atoms with Gasteiger partial charge in [-0.1, -0.05) is 19.8 Å². The molecule has 1 aliphatic carbocycles. The van der Waals surface area contributed by atoms with Gasteiger partial charge in [0.15, 0.2) is 0 Å². The summed E-state index contributed by atoms with van der Waals surface area (Å²) >= 11 is 0. The first-order valence-corrected chi connectivity index (χ1v) is 8.31. The van der Waals surface area contributed by atoms with E-state index in [1.165, 1.54) is 32.4 Å². The van der Waals surface area contributed by atoms with E-state index in [9.17, 15) is 9.59 Å². The van der Waals surface area contributed by atoms with E-state index in [0.717, 1.165) is 13.0 Å². The molecule has 1 heterocycles. The maximum absolute atomic E-state index is 12.2. The summed E-state index contributed by atoms with van der Waals surface area (Å²) in [7, 11) is 0. The van der Waals surface area contributed by atoms with Crippen LogP contribution in [-0.2, 0) is 9.59 Å². The van der Waals surface area contributed by atoms with E-state index in [-0.39, 0.29) is 11.8 Å². The van der Waals surface area contributed by atoms with Crippen LogP contribution >= 0.6 is 0 Å². The monoisotopic (exact) mass is 296 g/mol. The van der Waals surface area contributed by atoms with Crippen molar-refractivity contribution in [2.45, 2.75) is 45.4 Å². The number of aliphatic carboxylic acids is 1. The van der Waals surface area contributed by atoms with Crippen LogP contribution in [0, 0.1) is 17.8 Å². The van der Waals surface area contributed by atoms with Gasteiger partial charge in [0.1, 0.15) is 0 Å². The Morgan fingerprint density at radius 3 is 2.48 bits per heavy atom. The molecule has 0 aromatic rings. The molecule has 1 amide bonds. The highest BCUT2D eigenvalue weighted by molar-refractivity contribution is 5.85. The van der Waals surface area contributed by atoms with Crippen LogP contribution < -0.4 is 5.32 Å². The molecule has 2 fully saturated rings. The number of hydrogen-bond acceptors (Lipinski definition) is 3. The molecule has 2 aliphatic rings. The Bertz CT molecular complexity index is 367. The largest absolute Gasteiger partial charge is 0.481 e. The number of carboxylic acids is 1. The lowest BCUT2D eigenvalue weighted by atomic mass is 9.95. The molecule has 2 N–H and O–H groups in total. The Hall–Kier alpha value is -1.10. The smallest absolute Gasteiger partial charge is 0.307 e. The van der Waals surface area contributed by atoms with Gasteiger partial charge < -0.3 is 15.3 Å². The van der Waals surface area contributed by atoms with Crippen molar-refractivity contribution in [1.82, 2.24) is 10.2 Å². The number of carbonyl (C=O) groups is 2. The predicted molar refractivity (Wildman–Crippen MR) is 80.9 cm³/mol. The standard InChI is InChI=1S/C16H28N2O3/c1-12(11-18-8-3-2-4-9-18)10-17-15(19)13-6-5-7-14(13)16(20)21/h12-14H,2-11H2,1H3,(H,17,19)(H,20,21)/t12?,13-,14+/m1/s1. The van der Waals surface area contributed by atoms with Gasteiger partial charge in [0, 0.05) is 13.1 Å². The first-order valence-electron chi connectivity index (χ1n) is 8.31. The van der Waals surface area contributed by atoms with Crippen molar-refractivity contribution >= 4 is 11.9 Å². The number of nitrogens with zero attached hydrogens (tertiary/aromatic N) is 1. The molecule has 5 heteroatoms. The van der Waals surface area contributed by atoms with Gasteiger partial charge in [-0.2, -0.15) is 0 Å². The molecular weight excluding hydrogens is 268 g/mol. The van der Waals surface area contributed by atoms with Gasteiger partial charge in [-0.25, -0.2) is 0 Å². The van der Waals surface area contributed by atoms with Crippen molar-refractivity contribution < 1.29 is 14.7 Å². The lowest BCUT2D eigenvalue weighted by molar-refractivity contribution is -0.146. The third-order valence-electron chi connectivity index (χ3n) is 4.81. The minimum atomic E-state index is -0.825. The van der Waals surface area contributed by atoms with Gasteiger partial charge >= 0.3 is 5.97 Å². The van der Waals surface area contributed by atoms with Crippen molar-refractivity contribution in [2.75, 3.05) is 26.2 Å². The van der Waals surface area contributed by atoms with Crippen LogP contribution in [0.5, 0.6) is 0 Å². The fourth-order valence-corrected chi connectivity index (χ4v) is 3.62. The van der Waals surface area contributed by atoms with E-state index >= 15 is 0 Å². The molecule has 1 aliphatic heterocycles. The molecule has 5 nitrogen and oxygen atoms in total. The third-order valence-corrected chi connectivity index (χ3v) is 4.81. The summed E-state index contributed by atoms with van der Waals surface area (Å²) in [6.07, 6.45) is 6.08. The fourth-order valence-electron chi connectivity index (χ4n) is 3.62. The lowest BCUT2D eigenvalue weighted by Gasteiger charge is -2.29. The molecule has 1 saturated carbocycles. The van der Waals surface area contributed by atoms with Crippen molar-refractivity contribution in [3.8, 4) is 0 Å². The molecule has 1 unspecified atom stereocenters.